The quantitative estimate of drug-likeness (QED) is 0.602. The first-order chi connectivity index (χ1) is 12.5. The fourth-order valence-electron chi connectivity index (χ4n) is 2.89. The number of aromatic nitrogens is 2. The number of hydrogen-bond acceptors (Lipinski definition) is 7. The summed E-state index contributed by atoms with van der Waals surface area (Å²) in [4.78, 5) is 32.0. The van der Waals surface area contributed by atoms with Crippen molar-refractivity contribution in [2.45, 2.75) is 12.8 Å². The first-order valence-corrected chi connectivity index (χ1v) is 8.34. The van der Waals surface area contributed by atoms with Gasteiger partial charge in [-0.15, -0.1) is 0 Å². The Morgan fingerprint density at radius 1 is 1.31 bits per heavy atom. The number of carbonyl (C=O) groups is 1. The highest BCUT2D eigenvalue weighted by molar-refractivity contribution is 6.33. The van der Waals surface area contributed by atoms with Crippen molar-refractivity contribution in [2.24, 2.45) is 5.92 Å². The van der Waals surface area contributed by atoms with Crippen LogP contribution >= 0.6 is 11.6 Å². The Kier molecular flexibility index (Phi) is 5.17. The second-order valence-corrected chi connectivity index (χ2v) is 6.26. The number of carboxylic acids is 1. The molecule has 0 aliphatic carbocycles. The van der Waals surface area contributed by atoms with E-state index in [9.17, 15) is 14.9 Å². The smallest absolute Gasteiger partial charge is 0.353 e. The molecule has 0 amide bonds. The molecule has 1 saturated heterocycles. The molecule has 2 aromatic rings. The van der Waals surface area contributed by atoms with Gasteiger partial charge in [-0.25, -0.2) is 9.97 Å². The van der Waals surface area contributed by atoms with Crippen LogP contribution in [0.4, 0.5) is 23.0 Å². The molecule has 1 aliphatic rings. The SMILES string of the molecule is O=C(O)C1CCN(c2ncnc(Nc3ccccc3Cl)c2[N+](=O)[O-])CC1. The minimum atomic E-state index is -0.845. The Hall–Kier alpha value is -2.94. The van der Waals surface area contributed by atoms with E-state index in [1.807, 2.05) is 0 Å². The molecule has 9 nitrogen and oxygen atoms in total. The minimum Gasteiger partial charge on any atom is -0.481 e. The third-order valence-corrected chi connectivity index (χ3v) is 4.59. The number of carboxylic acid groups (broad SMARTS) is 1. The van der Waals surface area contributed by atoms with Crippen LogP contribution < -0.4 is 10.2 Å². The zero-order valence-corrected chi connectivity index (χ0v) is 14.4. The molecular formula is C16H16ClN5O4. The van der Waals surface area contributed by atoms with Crippen LogP contribution in [0.2, 0.25) is 5.02 Å². The van der Waals surface area contributed by atoms with Crippen LogP contribution in [0.1, 0.15) is 12.8 Å². The number of nitro groups is 1. The highest BCUT2D eigenvalue weighted by Gasteiger charge is 2.31. The number of aliphatic carboxylic acids is 1. The Bertz CT molecular complexity index is 839. The molecule has 0 spiro atoms. The fraction of sp³-hybridized carbons (Fsp3) is 0.312. The Morgan fingerprint density at radius 2 is 2.00 bits per heavy atom. The van der Waals surface area contributed by atoms with Gasteiger partial charge < -0.3 is 15.3 Å². The van der Waals surface area contributed by atoms with Crippen LogP contribution in [0, 0.1) is 16.0 Å². The summed E-state index contributed by atoms with van der Waals surface area (Å²) in [6.45, 7) is 0.751. The van der Waals surface area contributed by atoms with Gasteiger partial charge in [-0.3, -0.25) is 14.9 Å². The lowest BCUT2D eigenvalue weighted by molar-refractivity contribution is -0.383. The van der Waals surface area contributed by atoms with Gasteiger partial charge in [0, 0.05) is 13.1 Å². The van der Waals surface area contributed by atoms with Crippen molar-refractivity contribution in [1.82, 2.24) is 9.97 Å². The Balaban J connectivity index is 1.91. The molecule has 2 N–H and O–H groups in total. The molecule has 0 saturated carbocycles. The van der Waals surface area contributed by atoms with E-state index in [1.54, 1.807) is 29.2 Å². The van der Waals surface area contributed by atoms with Gasteiger partial charge in [0.1, 0.15) is 6.33 Å². The second kappa shape index (κ2) is 7.52. The van der Waals surface area contributed by atoms with Gasteiger partial charge >= 0.3 is 11.7 Å². The van der Waals surface area contributed by atoms with E-state index in [-0.39, 0.29) is 17.3 Å². The topological polar surface area (TPSA) is 121 Å². The molecule has 1 aromatic heterocycles. The first kappa shape index (κ1) is 17.9. The summed E-state index contributed by atoms with van der Waals surface area (Å²) in [7, 11) is 0. The molecule has 0 atom stereocenters. The van der Waals surface area contributed by atoms with Gasteiger partial charge in [0.15, 0.2) is 0 Å². The molecular weight excluding hydrogens is 362 g/mol. The van der Waals surface area contributed by atoms with E-state index in [0.29, 0.717) is 36.6 Å². The number of nitrogens with one attached hydrogen (secondary N) is 1. The first-order valence-electron chi connectivity index (χ1n) is 7.96. The van der Waals surface area contributed by atoms with Crippen molar-refractivity contribution in [3.63, 3.8) is 0 Å². The number of halogens is 1. The minimum absolute atomic E-state index is 0.0356. The van der Waals surface area contributed by atoms with E-state index in [2.05, 4.69) is 15.3 Å². The molecule has 0 radical (unpaired) electrons. The highest BCUT2D eigenvalue weighted by Crippen LogP contribution is 2.36. The van der Waals surface area contributed by atoms with Crippen LogP contribution in [0.3, 0.4) is 0 Å². The van der Waals surface area contributed by atoms with E-state index in [1.165, 1.54) is 6.33 Å². The van der Waals surface area contributed by atoms with Gasteiger partial charge in [0.05, 0.1) is 21.6 Å². The zero-order chi connectivity index (χ0) is 18.7. The second-order valence-electron chi connectivity index (χ2n) is 5.86. The van der Waals surface area contributed by atoms with E-state index >= 15 is 0 Å². The van der Waals surface area contributed by atoms with Gasteiger partial charge in [0.25, 0.3) is 0 Å². The van der Waals surface area contributed by atoms with E-state index in [0.717, 1.165) is 0 Å². The van der Waals surface area contributed by atoms with Crippen LogP contribution in [0.15, 0.2) is 30.6 Å². The van der Waals surface area contributed by atoms with Crippen LogP contribution in [0.5, 0.6) is 0 Å². The maximum atomic E-state index is 11.7. The van der Waals surface area contributed by atoms with Gasteiger partial charge in [-0.2, -0.15) is 0 Å². The maximum Gasteiger partial charge on any atom is 0.353 e. The third kappa shape index (κ3) is 3.67. The fourth-order valence-corrected chi connectivity index (χ4v) is 3.07. The summed E-state index contributed by atoms with van der Waals surface area (Å²) in [5.41, 5.74) is 0.229. The summed E-state index contributed by atoms with van der Waals surface area (Å²) < 4.78 is 0. The molecule has 1 fully saturated rings. The Labute approximate surface area is 153 Å². The van der Waals surface area contributed by atoms with Crippen molar-refractivity contribution < 1.29 is 14.8 Å². The molecule has 10 heteroatoms. The van der Waals surface area contributed by atoms with Gasteiger partial charge in [-0.1, -0.05) is 23.7 Å². The van der Waals surface area contributed by atoms with Crippen molar-refractivity contribution in [3.05, 3.63) is 45.7 Å². The summed E-state index contributed by atoms with van der Waals surface area (Å²) in [5.74, 6) is -1.08. The number of hydrogen-bond donors (Lipinski definition) is 2. The Morgan fingerprint density at radius 3 is 2.62 bits per heavy atom. The monoisotopic (exact) mass is 377 g/mol. The molecule has 2 heterocycles. The number of piperidine rings is 1. The molecule has 1 aromatic carbocycles. The largest absolute Gasteiger partial charge is 0.481 e. The lowest BCUT2D eigenvalue weighted by Crippen LogP contribution is -2.37. The standard InChI is InChI=1S/C16H16ClN5O4/c17-11-3-1-2-4-12(11)20-14-13(22(25)26)15(19-9-18-14)21-7-5-10(6-8-21)16(23)24/h1-4,9-10H,5-8H2,(H,23,24)(H,18,19,20). The molecule has 1 aliphatic heterocycles. The van der Waals surface area contributed by atoms with E-state index in [4.69, 9.17) is 16.7 Å². The average molecular weight is 378 g/mol. The average Bonchev–Trinajstić information content (AvgIpc) is 2.63. The lowest BCUT2D eigenvalue weighted by Gasteiger charge is -2.30. The van der Waals surface area contributed by atoms with Crippen molar-refractivity contribution in [1.29, 1.82) is 0 Å². The van der Waals surface area contributed by atoms with Crippen LogP contribution in [-0.2, 0) is 4.79 Å². The normalized spacial score (nSPS) is 14.9. The third-order valence-electron chi connectivity index (χ3n) is 4.26. The molecule has 0 bridgehead atoms. The molecule has 0 unspecified atom stereocenters. The van der Waals surface area contributed by atoms with Crippen molar-refractivity contribution in [3.8, 4) is 0 Å². The van der Waals surface area contributed by atoms with Gasteiger partial charge in [-0.05, 0) is 25.0 Å². The predicted molar refractivity (Wildman–Crippen MR) is 96.0 cm³/mol. The number of rotatable bonds is 5. The number of para-hydroxylation sites is 1. The van der Waals surface area contributed by atoms with Crippen molar-refractivity contribution >= 4 is 40.6 Å². The molecule has 26 heavy (non-hydrogen) atoms. The number of nitrogens with zero attached hydrogens (tertiary/aromatic N) is 4. The molecule has 3 rings (SSSR count). The highest BCUT2D eigenvalue weighted by atomic mass is 35.5. The van der Waals surface area contributed by atoms with Gasteiger partial charge in [0.2, 0.25) is 11.6 Å². The summed E-state index contributed by atoms with van der Waals surface area (Å²) in [6, 6.07) is 6.85. The predicted octanol–water partition coefficient (Wildman–Crippen LogP) is 3.08. The van der Waals surface area contributed by atoms with Crippen molar-refractivity contribution in [2.75, 3.05) is 23.3 Å². The van der Waals surface area contributed by atoms with Crippen LogP contribution in [-0.4, -0.2) is 39.1 Å². The molecule has 136 valence electrons. The number of anilines is 3. The zero-order valence-electron chi connectivity index (χ0n) is 13.6. The summed E-state index contributed by atoms with van der Waals surface area (Å²) >= 11 is 6.10. The van der Waals surface area contributed by atoms with Crippen LogP contribution in [0.25, 0.3) is 0 Å². The van der Waals surface area contributed by atoms with E-state index < -0.39 is 16.8 Å². The lowest BCUT2D eigenvalue weighted by atomic mass is 9.97. The summed E-state index contributed by atoms with van der Waals surface area (Å²) in [5, 5.41) is 24.1. The summed E-state index contributed by atoms with van der Waals surface area (Å²) in [6.07, 6.45) is 2.05. The maximum absolute atomic E-state index is 11.7. The number of benzene rings is 1.